The lowest BCUT2D eigenvalue weighted by molar-refractivity contribution is 0.281. The highest BCUT2D eigenvalue weighted by Crippen LogP contribution is 2.18. The lowest BCUT2D eigenvalue weighted by Gasteiger charge is -2.15. The molecule has 0 aliphatic heterocycles. The zero-order valence-electron chi connectivity index (χ0n) is 9.13. The topological polar surface area (TPSA) is 35.2 Å². The molecule has 1 atom stereocenters. The predicted octanol–water partition coefficient (Wildman–Crippen LogP) is 2.61. The molecule has 2 heteroatoms. The van der Waals surface area contributed by atoms with Crippen molar-refractivity contribution in [2.45, 2.75) is 39.7 Å². The second-order valence-electron chi connectivity index (χ2n) is 2.85. The second kappa shape index (κ2) is 6.72. The molecule has 0 heterocycles. The molecule has 0 fully saturated rings. The Morgan fingerprint density at radius 1 is 1.31 bits per heavy atom. The largest absolute Gasteiger partial charge is 0.501 e. The fourth-order valence-corrected chi connectivity index (χ4v) is 1.17. The van der Waals surface area contributed by atoms with Crippen LogP contribution in [0.4, 0.5) is 0 Å². The Labute approximate surface area is 81.5 Å². The summed E-state index contributed by atoms with van der Waals surface area (Å²) in [5.74, 6) is 1.05. The van der Waals surface area contributed by atoms with E-state index in [0.717, 1.165) is 18.6 Å². The van der Waals surface area contributed by atoms with E-state index in [4.69, 9.17) is 10.5 Å². The number of hydrogen-bond donors (Lipinski definition) is 1. The van der Waals surface area contributed by atoms with Crippen LogP contribution in [0.3, 0.4) is 0 Å². The monoisotopic (exact) mass is 183 g/mol. The molecular weight excluding hydrogens is 162 g/mol. The van der Waals surface area contributed by atoms with E-state index in [1.807, 2.05) is 20.8 Å². The van der Waals surface area contributed by atoms with Crippen LogP contribution in [-0.2, 0) is 4.74 Å². The summed E-state index contributed by atoms with van der Waals surface area (Å²) in [4.78, 5) is 0. The van der Waals surface area contributed by atoms with Gasteiger partial charge >= 0.3 is 0 Å². The third-order valence-electron chi connectivity index (χ3n) is 1.98. The van der Waals surface area contributed by atoms with Gasteiger partial charge in [-0.15, -0.1) is 0 Å². The Morgan fingerprint density at radius 3 is 2.23 bits per heavy atom. The van der Waals surface area contributed by atoms with Crippen LogP contribution in [0.5, 0.6) is 0 Å². The van der Waals surface area contributed by atoms with Crippen LogP contribution in [0.1, 0.15) is 33.6 Å². The molecule has 0 bridgehead atoms. The molecule has 0 spiro atoms. The summed E-state index contributed by atoms with van der Waals surface area (Å²) >= 11 is 0. The number of allylic oxidation sites excluding steroid dienone is 2. The zero-order valence-corrected chi connectivity index (χ0v) is 9.13. The van der Waals surface area contributed by atoms with E-state index in [9.17, 15) is 0 Å². The van der Waals surface area contributed by atoms with Gasteiger partial charge in [0.2, 0.25) is 0 Å². The number of hydrogen-bond acceptors (Lipinski definition) is 2. The molecule has 0 saturated carbocycles. The molecule has 2 nitrogen and oxygen atoms in total. The fraction of sp³-hybridized carbons (Fsp3) is 0.636. The molecule has 0 radical (unpaired) electrons. The number of nitrogens with two attached hydrogens (primary N) is 1. The standard InChI is InChI=1S/C9H15NO.C2H6/c1-7(10)8-3-5-9(11-2)6-4-8;1-2/h3,6-7H,4-5,10H2,1-2H3;1-2H3. The zero-order chi connectivity index (χ0) is 10.3. The molecule has 0 aromatic carbocycles. The Kier molecular flexibility index (Phi) is 6.33. The molecule has 76 valence electrons. The van der Waals surface area contributed by atoms with Gasteiger partial charge in [-0.25, -0.2) is 0 Å². The van der Waals surface area contributed by atoms with Crippen LogP contribution >= 0.6 is 0 Å². The SMILES string of the molecule is CC.COC1=CCC(C(C)N)=CC1. The summed E-state index contributed by atoms with van der Waals surface area (Å²) in [5, 5.41) is 0. The summed E-state index contributed by atoms with van der Waals surface area (Å²) in [5.41, 5.74) is 7.03. The highest BCUT2D eigenvalue weighted by Gasteiger charge is 2.07. The van der Waals surface area contributed by atoms with Crippen LogP contribution in [0.2, 0.25) is 0 Å². The van der Waals surface area contributed by atoms with Crippen molar-refractivity contribution in [1.29, 1.82) is 0 Å². The van der Waals surface area contributed by atoms with E-state index in [2.05, 4.69) is 12.2 Å². The Morgan fingerprint density at radius 2 is 1.92 bits per heavy atom. The minimum Gasteiger partial charge on any atom is -0.501 e. The fourth-order valence-electron chi connectivity index (χ4n) is 1.17. The minimum absolute atomic E-state index is 0.185. The third kappa shape index (κ3) is 4.13. The third-order valence-corrected chi connectivity index (χ3v) is 1.98. The molecule has 0 aromatic rings. The van der Waals surface area contributed by atoms with Crippen molar-refractivity contribution in [1.82, 2.24) is 0 Å². The van der Waals surface area contributed by atoms with E-state index in [-0.39, 0.29) is 6.04 Å². The molecule has 0 aromatic heterocycles. The maximum atomic E-state index is 5.72. The molecule has 13 heavy (non-hydrogen) atoms. The highest BCUT2D eigenvalue weighted by molar-refractivity contribution is 5.21. The molecule has 1 aliphatic rings. The van der Waals surface area contributed by atoms with Gasteiger partial charge in [-0.05, 0) is 19.4 Å². The van der Waals surface area contributed by atoms with E-state index >= 15 is 0 Å². The van der Waals surface area contributed by atoms with Crippen molar-refractivity contribution < 1.29 is 4.74 Å². The van der Waals surface area contributed by atoms with Crippen molar-refractivity contribution in [2.24, 2.45) is 5.73 Å². The van der Waals surface area contributed by atoms with Gasteiger partial charge in [0.05, 0.1) is 12.9 Å². The van der Waals surface area contributed by atoms with Gasteiger partial charge < -0.3 is 10.5 Å². The minimum atomic E-state index is 0.185. The van der Waals surface area contributed by atoms with Crippen molar-refractivity contribution in [3.8, 4) is 0 Å². The summed E-state index contributed by atoms with van der Waals surface area (Å²) in [6.45, 7) is 6.01. The number of ether oxygens (including phenoxy) is 1. The highest BCUT2D eigenvalue weighted by atomic mass is 16.5. The van der Waals surface area contributed by atoms with Gasteiger partial charge in [0.25, 0.3) is 0 Å². The van der Waals surface area contributed by atoms with Gasteiger partial charge in [0.15, 0.2) is 0 Å². The predicted molar refractivity (Wildman–Crippen MR) is 57.4 cm³/mol. The molecule has 0 amide bonds. The van der Waals surface area contributed by atoms with Crippen LogP contribution < -0.4 is 5.73 Å². The number of rotatable bonds is 2. The Bertz CT molecular complexity index is 192. The Hall–Kier alpha value is -0.760. The van der Waals surface area contributed by atoms with Crippen molar-refractivity contribution >= 4 is 0 Å². The van der Waals surface area contributed by atoms with E-state index in [0.29, 0.717) is 0 Å². The first kappa shape index (κ1) is 12.2. The second-order valence-corrected chi connectivity index (χ2v) is 2.85. The van der Waals surface area contributed by atoms with Crippen LogP contribution in [0.25, 0.3) is 0 Å². The summed E-state index contributed by atoms with van der Waals surface area (Å²) in [7, 11) is 1.70. The van der Waals surface area contributed by atoms with Gasteiger partial charge in [0, 0.05) is 12.5 Å². The maximum Gasteiger partial charge on any atom is 0.0956 e. The van der Waals surface area contributed by atoms with Gasteiger partial charge in [-0.1, -0.05) is 25.5 Å². The molecule has 2 N–H and O–H groups in total. The first-order valence-electron chi connectivity index (χ1n) is 4.91. The lowest BCUT2D eigenvalue weighted by Crippen LogP contribution is -2.18. The van der Waals surface area contributed by atoms with E-state index in [1.54, 1.807) is 7.11 Å². The van der Waals surface area contributed by atoms with Crippen molar-refractivity contribution in [3.63, 3.8) is 0 Å². The van der Waals surface area contributed by atoms with E-state index in [1.165, 1.54) is 5.57 Å². The normalized spacial score (nSPS) is 17.6. The van der Waals surface area contributed by atoms with Crippen molar-refractivity contribution in [3.05, 3.63) is 23.5 Å². The van der Waals surface area contributed by atoms with E-state index < -0.39 is 0 Å². The quantitative estimate of drug-likeness (QED) is 0.668. The first-order valence-corrected chi connectivity index (χ1v) is 4.91. The van der Waals surface area contributed by atoms with Gasteiger partial charge in [0.1, 0.15) is 0 Å². The first-order chi connectivity index (χ1) is 6.24. The molecule has 1 rings (SSSR count). The van der Waals surface area contributed by atoms with Crippen LogP contribution in [-0.4, -0.2) is 13.2 Å². The van der Waals surface area contributed by atoms with Crippen LogP contribution in [0, 0.1) is 0 Å². The van der Waals surface area contributed by atoms with Crippen molar-refractivity contribution in [2.75, 3.05) is 7.11 Å². The maximum absolute atomic E-state index is 5.72. The van der Waals surface area contributed by atoms with Crippen LogP contribution in [0.15, 0.2) is 23.5 Å². The summed E-state index contributed by atoms with van der Waals surface area (Å²) < 4.78 is 5.09. The smallest absolute Gasteiger partial charge is 0.0956 e. The van der Waals surface area contributed by atoms with Gasteiger partial charge in [-0.3, -0.25) is 0 Å². The summed E-state index contributed by atoms with van der Waals surface area (Å²) in [6.07, 6.45) is 6.09. The Balaban J connectivity index is 0.000000671. The molecule has 0 saturated heterocycles. The lowest BCUT2D eigenvalue weighted by atomic mass is 9.99. The molecule has 1 unspecified atom stereocenters. The molecule has 1 aliphatic carbocycles. The van der Waals surface area contributed by atoms with Gasteiger partial charge in [-0.2, -0.15) is 0 Å². The average molecular weight is 183 g/mol. The molecular formula is C11H21NO. The summed E-state index contributed by atoms with van der Waals surface area (Å²) in [6, 6.07) is 0.185. The number of methoxy groups -OCH3 is 1. The average Bonchev–Trinajstić information content (AvgIpc) is 2.21.